The maximum atomic E-state index is 12.8. The number of amides is 1. The number of aromatic amines is 1. The third-order valence-electron chi connectivity index (χ3n) is 5.04. The Hall–Kier alpha value is -2.82. The van der Waals surface area contributed by atoms with E-state index in [9.17, 15) is 4.79 Å². The van der Waals surface area contributed by atoms with E-state index in [1.807, 2.05) is 55.5 Å². The van der Waals surface area contributed by atoms with E-state index in [1.54, 1.807) is 0 Å². The zero-order chi connectivity index (χ0) is 16.3. The molecular formula is C19H17N3O2. The number of nitrogens with zero attached hydrogens (tertiary/aromatic N) is 1. The molecule has 5 nitrogen and oxygen atoms in total. The summed E-state index contributed by atoms with van der Waals surface area (Å²) in [6.07, 6.45) is 0.734. The van der Waals surface area contributed by atoms with E-state index in [0.29, 0.717) is 0 Å². The predicted molar refractivity (Wildman–Crippen MR) is 89.8 cm³/mol. The van der Waals surface area contributed by atoms with Crippen molar-refractivity contribution < 1.29 is 9.53 Å². The average Bonchev–Trinajstić information content (AvgIpc) is 2.97. The first-order valence-electron chi connectivity index (χ1n) is 8.18. The van der Waals surface area contributed by atoms with Gasteiger partial charge in [0.2, 0.25) is 5.91 Å². The van der Waals surface area contributed by atoms with Gasteiger partial charge in [0.15, 0.2) is 5.72 Å². The first-order chi connectivity index (χ1) is 11.6. The summed E-state index contributed by atoms with van der Waals surface area (Å²) in [5.74, 6) is 1.24. The van der Waals surface area contributed by atoms with E-state index in [4.69, 9.17) is 4.74 Å². The highest BCUT2D eigenvalue weighted by Crippen LogP contribution is 2.49. The van der Waals surface area contributed by atoms with E-state index >= 15 is 0 Å². The Morgan fingerprint density at radius 1 is 1.17 bits per heavy atom. The van der Waals surface area contributed by atoms with Crippen LogP contribution in [0.1, 0.15) is 36.6 Å². The van der Waals surface area contributed by atoms with Gasteiger partial charge in [0.05, 0.1) is 11.0 Å². The molecule has 1 amide bonds. The third kappa shape index (κ3) is 1.87. The lowest BCUT2D eigenvalue weighted by molar-refractivity contribution is -0.135. The summed E-state index contributed by atoms with van der Waals surface area (Å²) < 4.78 is 6.04. The molecule has 1 saturated heterocycles. The van der Waals surface area contributed by atoms with Gasteiger partial charge in [-0.2, -0.15) is 0 Å². The molecule has 24 heavy (non-hydrogen) atoms. The molecule has 3 aromatic rings. The van der Waals surface area contributed by atoms with Crippen LogP contribution < -0.4 is 10.1 Å². The molecule has 3 atom stereocenters. The van der Waals surface area contributed by atoms with Crippen LogP contribution in [0.15, 0.2) is 48.5 Å². The fourth-order valence-corrected chi connectivity index (χ4v) is 4.02. The van der Waals surface area contributed by atoms with Crippen LogP contribution in [0.3, 0.4) is 0 Å². The second-order valence-electron chi connectivity index (χ2n) is 6.79. The number of H-pyrrole nitrogens is 1. The maximum Gasteiger partial charge on any atom is 0.234 e. The average molecular weight is 319 g/mol. The molecule has 5 heteroatoms. The molecule has 3 heterocycles. The van der Waals surface area contributed by atoms with E-state index in [0.717, 1.165) is 34.6 Å². The van der Waals surface area contributed by atoms with Crippen molar-refractivity contribution in [1.82, 2.24) is 15.3 Å². The lowest BCUT2D eigenvalue weighted by atomic mass is 9.74. The number of hydrogen-bond acceptors (Lipinski definition) is 3. The van der Waals surface area contributed by atoms with Crippen molar-refractivity contribution in [2.24, 2.45) is 0 Å². The van der Waals surface area contributed by atoms with Crippen LogP contribution in [0.4, 0.5) is 0 Å². The number of hydrogen-bond donors (Lipinski definition) is 2. The van der Waals surface area contributed by atoms with Gasteiger partial charge >= 0.3 is 0 Å². The fourth-order valence-electron chi connectivity index (χ4n) is 4.02. The SMILES string of the molecule is C[C@]12C[C@H](c3ccccc3O1)[C@@H](c1nc3ccccc3[nH]1)C(=O)N2. The number of imidazole rings is 1. The highest BCUT2D eigenvalue weighted by molar-refractivity contribution is 5.87. The van der Waals surface area contributed by atoms with E-state index in [1.165, 1.54) is 0 Å². The standard InChI is InChI=1S/C19H17N3O2/c1-19-10-12(11-6-2-5-9-15(11)24-19)16(18(23)22-19)17-20-13-7-3-4-8-14(13)21-17/h2-9,12,16H,10H2,1H3,(H,20,21)(H,22,23)/t12-,16+,19-/m1/s1. The van der Waals surface area contributed by atoms with Gasteiger partial charge in [-0.05, 0) is 30.7 Å². The van der Waals surface area contributed by atoms with Gasteiger partial charge in [-0.1, -0.05) is 30.3 Å². The Morgan fingerprint density at radius 3 is 2.83 bits per heavy atom. The number of benzene rings is 2. The molecule has 2 N–H and O–H groups in total. The summed E-state index contributed by atoms with van der Waals surface area (Å²) >= 11 is 0. The summed E-state index contributed by atoms with van der Waals surface area (Å²) in [4.78, 5) is 20.9. The minimum atomic E-state index is -0.654. The number of carbonyl (C=O) groups excluding carboxylic acids is 1. The first-order valence-corrected chi connectivity index (χ1v) is 8.18. The number of piperidine rings is 1. The highest BCUT2D eigenvalue weighted by atomic mass is 16.5. The predicted octanol–water partition coefficient (Wildman–Crippen LogP) is 3.06. The largest absolute Gasteiger partial charge is 0.468 e. The number of fused-ring (bicyclic) bond motifs is 5. The Bertz CT molecular complexity index is 931. The smallest absolute Gasteiger partial charge is 0.234 e. The lowest BCUT2D eigenvalue weighted by Gasteiger charge is -2.46. The van der Waals surface area contributed by atoms with Crippen molar-refractivity contribution in [1.29, 1.82) is 0 Å². The molecule has 2 aliphatic rings. The second-order valence-corrected chi connectivity index (χ2v) is 6.79. The minimum absolute atomic E-state index is 0.0395. The number of nitrogens with one attached hydrogen (secondary N) is 2. The molecule has 1 aromatic heterocycles. The zero-order valence-electron chi connectivity index (χ0n) is 13.2. The molecule has 0 aliphatic carbocycles. The first kappa shape index (κ1) is 13.6. The molecule has 0 unspecified atom stereocenters. The lowest BCUT2D eigenvalue weighted by Crippen LogP contribution is -2.60. The summed E-state index contributed by atoms with van der Waals surface area (Å²) in [6, 6.07) is 15.8. The van der Waals surface area contributed by atoms with Gasteiger partial charge < -0.3 is 15.0 Å². The van der Waals surface area contributed by atoms with Gasteiger partial charge in [0.25, 0.3) is 0 Å². The Kier molecular flexibility index (Phi) is 2.61. The summed E-state index contributed by atoms with van der Waals surface area (Å²) in [5, 5.41) is 3.04. The maximum absolute atomic E-state index is 12.8. The number of para-hydroxylation sites is 3. The number of aromatic nitrogens is 2. The van der Waals surface area contributed by atoms with Crippen molar-refractivity contribution in [2.75, 3.05) is 0 Å². The van der Waals surface area contributed by atoms with Crippen molar-refractivity contribution in [3.8, 4) is 5.75 Å². The summed E-state index contributed by atoms with van der Waals surface area (Å²) in [5.41, 5.74) is 2.26. The monoisotopic (exact) mass is 319 g/mol. The molecule has 2 aliphatic heterocycles. The van der Waals surface area contributed by atoms with Crippen LogP contribution in [0.2, 0.25) is 0 Å². The second kappa shape index (κ2) is 4.60. The summed E-state index contributed by atoms with van der Waals surface area (Å²) in [7, 11) is 0. The van der Waals surface area contributed by atoms with E-state index in [-0.39, 0.29) is 17.7 Å². The quantitative estimate of drug-likeness (QED) is 0.724. The van der Waals surface area contributed by atoms with Crippen molar-refractivity contribution in [2.45, 2.75) is 30.9 Å². The molecule has 2 bridgehead atoms. The highest BCUT2D eigenvalue weighted by Gasteiger charge is 2.50. The van der Waals surface area contributed by atoms with Crippen LogP contribution in [0, 0.1) is 0 Å². The van der Waals surface area contributed by atoms with Crippen LogP contribution in [0.25, 0.3) is 11.0 Å². The van der Waals surface area contributed by atoms with Gasteiger partial charge in [-0.15, -0.1) is 0 Å². The van der Waals surface area contributed by atoms with Gasteiger partial charge in [-0.25, -0.2) is 4.98 Å². The fraction of sp³-hybridized carbons (Fsp3) is 0.263. The van der Waals surface area contributed by atoms with Gasteiger partial charge in [0.1, 0.15) is 17.5 Å². The number of carbonyl (C=O) groups is 1. The van der Waals surface area contributed by atoms with Gasteiger partial charge in [0, 0.05) is 12.3 Å². The molecular weight excluding hydrogens is 302 g/mol. The van der Waals surface area contributed by atoms with Crippen molar-refractivity contribution >= 4 is 16.9 Å². The Morgan fingerprint density at radius 2 is 1.96 bits per heavy atom. The molecule has 120 valence electrons. The third-order valence-corrected chi connectivity index (χ3v) is 5.04. The van der Waals surface area contributed by atoms with Crippen molar-refractivity contribution in [3.05, 3.63) is 59.9 Å². The van der Waals surface area contributed by atoms with Gasteiger partial charge in [-0.3, -0.25) is 4.79 Å². The molecule has 0 saturated carbocycles. The Balaban J connectivity index is 1.67. The zero-order valence-corrected chi connectivity index (χ0v) is 13.2. The minimum Gasteiger partial charge on any atom is -0.468 e. The summed E-state index contributed by atoms with van der Waals surface area (Å²) in [6.45, 7) is 1.93. The van der Waals surface area contributed by atoms with Crippen molar-refractivity contribution in [3.63, 3.8) is 0 Å². The topological polar surface area (TPSA) is 67.0 Å². The molecule has 2 aromatic carbocycles. The number of rotatable bonds is 1. The van der Waals surface area contributed by atoms with Crippen LogP contribution in [0.5, 0.6) is 5.75 Å². The molecule has 0 radical (unpaired) electrons. The molecule has 1 fully saturated rings. The van der Waals surface area contributed by atoms with Crippen LogP contribution in [-0.2, 0) is 4.79 Å². The van der Waals surface area contributed by atoms with Crippen LogP contribution in [-0.4, -0.2) is 21.6 Å². The Labute approximate surface area is 139 Å². The van der Waals surface area contributed by atoms with E-state index in [2.05, 4.69) is 15.3 Å². The molecule has 5 rings (SSSR count). The number of ether oxygens (including phenoxy) is 1. The van der Waals surface area contributed by atoms with Crippen LogP contribution >= 0.6 is 0 Å². The molecule has 0 spiro atoms. The normalized spacial score (nSPS) is 28.1. The van der Waals surface area contributed by atoms with E-state index < -0.39 is 5.72 Å².